The highest BCUT2D eigenvalue weighted by atomic mass is 35.5. The van der Waals surface area contributed by atoms with Crippen molar-refractivity contribution in [3.05, 3.63) is 35.9 Å². The lowest BCUT2D eigenvalue weighted by molar-refractivity contribution is 0.101. The molecule has 1 fully saturated rings. The standard InChI is InChI=1S/C13H17ClN2O/c1-11-9-16(13(14)17)8-7-15(11)10-12-5-3-2-4-6-12/h2-6,11H,7-10H2,1H3. The predicted octanol–water partition coefficient (Wildman–Crippen LogP) is 2.55. The maximum absolute atomic E-state index is 11.1. The van der Waals surface area contributed by atoms with Crippen molar-refractivity contribution in [2.24, 2.45) is 0 Å². The fourth-order valence-corrected chi connectivity index (χ4v) is 2.36. The molecule has 1 unspecified atom stereocenters. The number of halogens is 1. The van der Waals surface area contributed by atoms with Crippen molar-refractivity contribution in [1.29, 1.82) is 0 Å². The van der Waals surface area contributed by atoms with E-state index >= 15 is 0 Å². The highest BCUT2D eigenvalue weighted by Gasteiger charge is 2.25. The van der Waals surface area contributed by atoms with Crippen molar-refractivity contribution in [3.8, 4) is 0 Å². The minimum atomic E-state index is -0.337. The molecule has 1 aliphatic rings. The van der Waals surface area contributed by atoms with Crippen LogP contribution in [0.5, 0.6) is 0 Å². The molecule has 1 amide bonds. The van der Waals surface area contributed by atoms with Gasteiger partial charge in [-0.15, -0.1) is 0 Å². The number of hydrogen-bond donors (Lipinski definition) is 0. The molecule has 0 radical (unpaired) electrons. The van der Waals surface area contributed by atoms with Crippen LogP contribution in [-0.2, 0) is 6.54 Å². The molecule has 0 aromatic heterocycles. The number of hydrogen-bond acceptors (Lipinski definition) is 2. The van der Waals surface area contributed by atoms with Crippen LogP contribution in [-0.4, -0.2) is 40.8 Å². The summed E-state index contributed by atoms with van der Waals surface area (Å²) in [6, 6.07) is 10.7. The number of nitrogens with zero attached hydrogens (tertiary/aromatic N) is 2. The van der Waals surface area contributed by atoms with Gasteiger partial charge >= 0.3 is 5.37 Å². The maximum Gasteiger partial charge on any atom is 0.316 e. The first-order valence-corrected chi connectivity index (χ1v) is 6.27. The van der Waals surface area contributed by atoms with Crippen LogP contribution in [0, 0.1) is 0 Å². The van der Waals surface area contributed by atoms with E-state index in [9.17, 15) is 4.79 Å². The average molecular weight is 253 g/mol. The number of carbonyl (C=O) groups is 1. The Kier molecular flexibility index (Phi) is 4.02. The molecule has 1 heterocycles. The third kappa shape index (κ3) is 3.20. The molecule has 0 aliphatic carbocycles. The van der Waals surface area contributed by atoms with Gasteiger partial charge in [-0.2, -0.15) is 0 Å². The highest BCUT2D eigenvalue weighted by molar-refractivity contribution is 6.62. The second-order valence-electron chi connectivity index (χ2n) is 4.50. The highest BCUT2D eigenvalue weighted by Crippen LogP contribution is 2.14. The zero-order valence-corrected chi connectivity index (χ0v) is 10.7. The molecule has 1 aromatic carbocycles. The van der Waals surface area contributed by atoms with Crippen molar-refractivity contribution < 1.29 is 4.79 Å². The predicted molar refractivity (Wildman–Crippen MR) is 69.1 cm³/mol. The SMILES string of the molecule is CC1CN(C(=O)Cl)CCN1Cc1ccccc1. The first-order chi connectivity index (χ1) is 8.16. The molecular formula is C13H17ClN2O. The first kappa shape index (κ1) is 12.4. The number of benzene rings is 1. The van der Waals surface area contributed by atoms with Crippen LogP contribution in [0.15, 0.2) is 30.3 Å². The molecule has 1 aromatic rings. The summed E-state index contributed by atoms with van der Waals surface area (Å²) in [7, 11) is 0. The molecule has 2 rings (SSSR count). The van der Waals surface area contributed by atoms with E-state index in [2.05, 4.69) is 36.1 Å². The molecule has 3 nitrogen and oxygen atoms in total. The Morgan fingerprint density at radius 2 is 2.06 bits per heavy atom. The van der Waals surface area contributed by atoms with Crippen LogP contribution >= 0.6 is 11.6 Å². The molecule has 0 spiro atoms. The summed E-state index contributed by atoms with van der Waals surface area (Å²) in [6.07, 6.45) is 0. The number of piperazine rings is 1. The summed E-state index contributed by atoms with van der Waals surface area (Å²) in [5.41, 5.74) is 1.31. The smallest absolute Gasteiger partial charge is 0.316 e. The fraction of sp³-hybridized carbons (Fsp3) is 0.462. The van der Waals surface area contributed by atoms with Gasteiger partial charge in [0.25, 0.3) is 0 Å². The van der Waals surface area contributed by atoms with Gasteiger partial charge in [0.15, 0.2) is 0 Å². The van der Waals surface area contributed by atoms with Crippen LogP contribution in [0.25, 0.3) is 0 Å². The minimum absolute atomic E-state index is 0.337. The summed E-state index contributed by atoms with van der Waals surface area (Å²) >= 11 is 5.50. The molecule has 1 saturated heterocycles. The lowest BCUT2D eigenvalue weighted by Gasteiger charge is -2.38. The lowest BCUT2D eigenvalue weighted by Crippen LogP contribution is -2.51. The molecular weight excluding hydrogens is 236 g/mol. The van der Waals surface area contributed by atoms with E-state index in [1.54, 1.807) is 4.90 Å². The normalized spacial score (nSPS) is 21.5. The largest absolute Gasteiger partial charge is 0.326 e. The lowest BCUT2D eigenvalue weighted by atomic mass is 10.1. The van der Waals surface area contributed by atoms with Gasteiger partial charge in [0.05, 0.1) is 0 Å². The topological polar surface area (TPSA) is 23.6 Å². The van der Waals surface area contributed by atoms with Gasteiger partial charge in [-0.25, -0.2) is 0 Å². The van der Waals surface area contributed by atoms with Gasteiger partial charge < -0.3 is 4.90 Å². The molecule has 1 aliphatic heterocycles. The Balaban J connectivity index is 1.94. The second-order valence-corrected chi connectivity index (χ2v) is 4.83. The third-order valence-corrected chi connectivity index (χ3v) is 3.48. The van der Waals surface area contributed by atoms with Gasteiger partial charge in [0.2, 0.25) is 0 Å². The van der Waals surface area contributed by atoms with Gasteiger partial charge in [-0.05, 0) is 24.1 Å². The van der Waals surface area contributed by atoms with E-state index in [-0.39, 0.29) is 5.37 Å². The Morgan fingerprint density at radius 1 is 1.35 bits per heavy atom. The Bertz CT molecular complexity index is 382. The van der Waals surface area contributed by atoms with E-state index in [0.29, 0.717) is 6.04 Å². The van der Waals surface area contributed by atoms with E-state index in [4.69, 9.17) is 11.6 Å². The number of carbonyl (C=O) groups excluding carboxylic acids is 1. The quantitative estimate of drug-likeness (QED) is 0.597. The second kappa shape index (κ2) is 5.52. The fourth-order valence-electron chi connectivity index (χ4n) is 2.21. The van der Waals surface area contributed by atoms with Crippen molar-refractivity contribution in [3.63, 3.8) is 0 Å². The van der Waals surface area contributed by atoms with Crippen molar-refractivity contribution in [1.82, 2.24) is 9.80 Å². The van der Waals surface area contributed by atoms with Gasteiger partial charge in [0.1, 0.15) is 0 Å². The van der Waals surface area contributed by atoms with Gasteiger partial charge in [-0.1, -0.05) is 30.3 Å². The van der Waals surface area contributed by atoms with Crippen molar-refractivity contribution in [2.75, 3.05) is 19.6 Å². The van der Waals surface area contributed by atoms with Crippen LogP contribution in [0.2, 0.25) is 0 Å². The Morgan fingerprint density at radius 3 is 2.65 bits per heavy atom. The van der Waals surface area contributed by atoms with E-state index in [0.717, 1.165) is 26.2 Å². The van der Waals surface area contributed by atoms with E-state index in [1.165, 1.54) is 5.56 Å². The van der Waals surface area contributed by atoms with Gasteiger partial charge in [-0.3, -0.25) is 9.69 Å². The number of amides is 1. The number of rotatable bonds is 2. The zero-order chi connectivity index (χ0) is 12.3. The first-order valence-electron chi connectivity index (χ1n) is 5.89. The molecule has 0 saturated carbocycles. The van der Waals surface area contributed by atoms with Crippen LogP contribution in [0.1, 0.15) is 12.5 Å². The molecule has 1 atom stereocenters. The summed E-state index contributed by atoms with van der Waals surface area (Å²) < 4.78 is 0. The van der Waals surface area contributed by atoms with Crippen LogP contribution in [0.3, 0.4) is 0 Å². The molecule has 0 N–H and O–H groups in total. The Labute approximate surface area is 107 Å². The molecule has 17 heavy (non-hydrogen) atoms. The van der Waals surface area contributed by atoms with E-state index < -0.39 is 0 Å². The van der Waals surface area contributed by atoms with Crippen molar-refractivity contribution >= 4 is 17.0 Å². The third-order valence-electron chi connectivity index (χ3n) is 3.24. The Hall–Kier alpha value is -1.06. The summed E-state index contributed by atoms with van der Waals surface area (Å²) in [5.74, 6) is 0. The molecule has 0 bridgehead atoms. The zero-order valence-electron chi connectivity index (χ0n) is 9.97. The summed E-state index contributed by atoms with van der Waals surface area (Å²) in [6.45, 7) is 5.39. The van der Waals surface area contributed by atoms with E-state index in [1.807, 2.05) is 6.07 Å². The van der Waals surface area contributed by atoms with Crippen LogP contribution in [0.4, 0.5) is 4.79 Å². The maximum atomic E-state index is 11.1. The van der Waals surface area contributed by atoms with Gasteiger partial charge in [0, 0.05) is 32.2 Å². The molecule has 92 valence electrons. The van der Waals surface area contributed by atoms with Crippen LogP contribution < -0.4 is 0 Å². The molecule has 4 heteroatoms. The van der Waals surface area contributed by atoms with Crippen molar-refractivity contribution in [2.45, 2.75) is 19.5 Å². The summed E-state index contributed by atoms with van der Waals surface area (Å²) in [5, 5.41) is -0.337. The monoisotopic (exact) mass is 252 g/mol. The summed E-state index contributed by atoms with van der Waals surface area (Å²) in [4.78, 5) is 15.2. The average Bonchev–Trinajstić information content (AvgIpc) is 2.33. The minimum Gasteiger partial charge on any atom is -0.326 e.